The van der Waals surface area contributed by atoms with Crippen LogP contribution in [-0.4, -0.2) is 35.4 Å². The van der Waals surface area contributed by atoms with E-state index < -0.39 is 5.91 Å². The first-order valence-corrected chi connectivity index (χ1v) is 9.24. The fourth-order valence-electron chi connectivity index (χ4n) is 2.32. The molecular weight excluding hydrogens is 378 g/mol. The Balaban J connectivity index is 1.52. The molecule has 3 aromatic rings. The second-order valence-electron chi connectivity index (χ2n) is 5.73. The highest BCUT2D eigenvalue weighted by molar-refractivity contribution is 7.17. The van der Waals surface area contributed by atoms with Gasteiger partial charge in [0.2, 0.25) is 0 Å². The number of hydrogen-bond donors (Lipinski definition) is 3. The summed E-state index contributed by atoms with van der Waals surface area (Å²) in [5.74, 6) is -0.0708. The number of carbonyl (C=O) groups excluding carboxylic acids is 2. The van der Waals surface area contributed by atoms with E-state index in [1.807, 2.05) is 18.2 Å². The summed E-state index contributed by atoms with van der Waals surface area (Å²) in [4.78, 5) is 33.3. The Hall–Kier alpha value is -3.46. The second kappa shape index (κ2) is 8.96. The Morgan fingerprint density at radius 3 is 2.57 bits per heavy atom. The first kappa shape index (κ1) is 19.3. The minimum Gasteiger partial charge on any atom is -0.497 e. The summed E-state index contributed by atoms with van der Waals surface area (Å²) in [6.45, 7) is 1.75. The molecule has 0 atom stereocenters. The number of rotatable bonds is 6. The van der Waals surface area contributed by atoms with Gasteiger partial charge in [-0.05, 0) is 43.3 Å². The van der Waals surface area contributed by atoms with Gasteiger partial charge in [0.1, 0.15) is 15.6 Å². The average molecular weight is 397 g/mol. The number of nitrogens with one attached hydrogen (secondary N) is 3. The number of hydrazine groups is 1. The summed E-state index contributed by atoms with van der Waals surface area (Å²) < 4.78 is 5.08. The molecule has 0 radical (unpaired) electrons. The van der Waals surface area contributed by atoms with Crippen LogP contribution in [0.2, 0.25) is 0 Å². The van der Waals surface area contributed by atoms with Crippen LogP contribution < -0.4 is 20.9 Å². The van der Waals surface area contributed by atoms with Gasteiger partial charge in [-0.25, -0.2) is 4.98 Å². The van der Waals surface area contributed by atoms with Crippen LogP contribution in [-0.2, 0) is 4.79 Å². The van der Waals surface area contributed by atoms with E-state index in [1.54, 1.807) is 44.5 Å². The Bertz CT molecular complexity index is 957. The van der Waals surface area contributed by atoms with Crippen molar-refractivity contribution in [1.82, 2.24) is 20.8 Å². The molecule has 0 aliphatic carbocycles. The van der Waals surface area contributed by atoms with Crippen LogP contribution in [0.4, 0.5) is 5.69 Å². The molecule has 0 saturated carbocycles. The van der Waals surface area contributed by atoms with Gasteiger partial charge < -0.3 is 10.1 Å². The number of thiazole rings is 1. The van der Waals surface area contributed by atoms with E-state index in [1.165, 1.54) is 11.3 Å². The molecule has 0 unspecified atom stereocenters. The van der Waals surface area contributed by atoms with Crippen LogP contribution in [0.3, 0.4) is 0 Å². The first-order chi connectivity index (χ1) is 13.6. The molecule has 8 nitrogen and oxygen atoms in total. The van der Waals surface area contributed by atoms with Crippen LogP contribution in [0.5, 0.6) is 5.75 Å². The number of anilines is 1. The summed E-state index contributed by atoms with van der Waals surface area (Å²) in [6.07, 6.45) is 1.67. The minimum atomic E-state index is -0.421. The zero-order valence-corrected chi connectivity index (χ0v) is 16.2. The predicted molar refractivity (Wildman–Crippen MR) is 107 cm³/mol. The number of aryl methyl sites for hydroxylation is 1. The lowest BCUT2D eigenvalue weighted by Crippen LogP contribution is -2.44. The van der Waals surface area contributed by atoms with Crippen molar-refractivity contribution < 1.29 is 14.3 Å². The Labute approximate surface area is 166 Å². The van der Waals surface area contributed by atoms with Crippen LogP contribution in [0.15, 0.2) is 48.7 Å². The molecule has 0 spiro atoms. The van der Waals surface area contributed by atoms with Crippen LogP contribution >= 0.6 is 11.3 Å². The lowest BCUT2D eigenvalue weighted by atomic mass is 10.3. The zero-order valence-electron chi connectivity index (χ0n) is 15.4. The van der Waals surface area contributed by atoms with E-state index in [0.29, 0.717) is 21.3 Å². The summed E-state index contributed by atoms with van der Waals surface area (Å²) in [5, 5.41) is 3.61. The summed E-state index contributed by atoms with van der Waals surface area (Å²) in [6, 6.07) is 12.7. The van der Waals surface area contributed by atoms with Crippen LogP contribution in [0, 0.1) is 6.92 Å². The summed E-state index contributed by atoms with van der Waals surface area (Å²) in [7, 11) is 1.59. The smallest absolute Gasteiger partial charge is 0.281 e. The highest BCUT2D eigenvalue weighted by Gasteiger charge is 2.17. The molecule has 3 rings (SSSR count). The van der Waals surface area contributed by atoms with Gasteiger partial charge in [-0.3, -0.25) is 25.4 Å². The molecule has 0 fully saturated rings. The van der Waals surface area contributed by atoms with Gasteiger partial charge in [0.05, 0.1) is 25.0 Å². The van der Waals surface area contributed by atoms with E-state index in [4.69, 9.17) is 4.74 Å². The monoisotopic (exact) mass is 397 g/mol. The number of benzene rings is 1. The average Bonchev–Trinajstić information content (AvgIpc) is 3.13. The van der Waals surface area contributed by atoms with Gasteiger partial charge in [0, 0.05) is 11.9 Å². The number of hydrogen-bond acceptors (Lipinski definition) is 7. The van der Waals surface area contributed by atoms with E-state index in [0.717, 1.165) is 11.4 Å². The van der Waals surface area contributed by atoms with Crippen molar-refractivity contribution in [3.8, 4) is 16.5 Å². The number of ether oxygens (including phenoxy) is 1. The summed E-state index contributed by atoms with van der Waals surface area (Å²) in [5.41, 5.74) is 6.84. The van der Waals surface area contributed by atoms with E-state index in [2.05, 4.69) is 26.1 Å². The van der Waals surface area contributed by atoms with Gasteiger partial charge in [-0.15, -0.1) is 11.3 Å². The maximum Gasteiger partial charge on any atom is 0.281 e. The van der Waals surface area contributed by atoms with Gasteiger partial charge in [-0.1, -0.05) is 6.07 Å². The zero-order chi connectivity index (χ0) is 19.9. The Morgan fingerprint density at radius 1 is 1.11 bits per heavy atom. The van der Waals surface area contributed by atoms with Crippen molar-refractivity contribution in [3.63, 3.8) is 0 Å². The number of nitrogens with zero attached hydrogens (tertiary/aromatic N) is 2. The third kappa shape index (κ3) is 4.83. The van der Waals surface area contributed by atoms with Gasteiger partial charge in [0.15, 0.2) is 0 Å². The van der Waals surface area contributed by atoms with Crippen molar-refractivity contribution in [3.05, 3.63) is 59.2 Å². The van der Waals surface area contributed by atoms with Crippen molar-refractivity contribution in [1.29, 1.82) is 0 Å². The Kier molecular flexibility index (Phi) is 6.18. The molecule has 144 valence electrons. The van der Waals surface area contributed by atoms with Gasteiger partial charge >= 0.3 is 0 Å². The van der Waals surface area contributed by atoms with Crippen molar-refractivity contribution in [2.24, 2.45) is 0 Å². The maximum atomic E-state index is 12.3. The lowest BCUT2D eigenvalue weighted by Gasteiger charge is -2.09. The normalized spacial score (nSPS) is 10.2. The Morgan fingerprint density at radius 2 is 1.89 bits per heavy atom. The fraction of sp³-hybridized carbons (Fsp3) is 0.158. The molecule has 2 aromatic heterocycles. The number of aromatic nitrogens is 2. The fourth-order valence-corrected chi connectivity index (χ4v) is 3.26. The molecule has 0 aliphatic heterocycles. The van der Waals surface area contributed by atoms with E-state index in [9.17, 15) is 9.59 Å². The molecule has 1 aromatic carbocycles. The molecular formula is C19H19N5O3S. The van der Waals surface area contributed by atoms with Gasteiger partial charge in [0.25, 0.3) is 11.8 Å². The van der Waals surface area contributed by atoms with Crippen LogP contribution in [0.25, 0.3) is 10.7 Å². The first-order valence-electron chi connectivity index (χ1n) is 8.43. The molecule has 3 N–H and O–H groups in total. The third-order valence-corrected chi connectivity index (χ3v) is 4.92. The third-order valence-electron chi connectivity index (χ3n) is 3.75. The largest absolute Gasteiger partial charge is 0.497 e. The molecule has 0 bridgehead atoms. The lowest BCUT2D eigenvalue weighted by molar-refractivity contribution is -0.120. The van der Waals surface area contributed by atoms with Crippen molar-refractivity contribution in [2.45, 2.75) is 6.92 Å². The SMILES string of the molecule is COc1ccc(NCC(=O)NNC(=O)c2sc(-c3ccccn3)nc2C)cc1. The number of methoxy groups -OCH3 is 1. The maximum absolute atomic E-state index is 12.3. The van der Waals surface area contributed by atoms with Crippen molar-refractivity contribution >= 4 is 28.8 Å². The molecule has 2 heterocycles. The number of amides is 2. The molecule has 9 heteroatoms. The van der Waals surface area contributed by atoms with Crippen molar-refractivity contribution in [2.75, 3.05) is 19.0 Å². The summed E-state index contributed by atoms with van der Waals surface area (Å²) >= 11 is 1.22. The second-order valence-corrected chi connectivity index (χ2v) is 6.73. The highest BCUT2D eigenvalue weighted by Crippen LogP contribution is 2.26. The van der Waals surface area contributed by atoms with Crippen LogP contribution in [0.1, 0.15) is 15.4 Å². The molecule has 28 heavy (non-hydrogen) atoms. The number of pyridine rings is 1. The molecule has 0 saturated heterocycles. The van der Waals surface area contributed by atoms with E-state index >= 15 is 0 Å². The van der Waals surface area contributed by atoms with Gasteiger partial charge in [-0.2, -0.15) is 0 Å². The highest BCUT2D eigenvalue weighted by atomic mass is 32.1. The topological polar surface area (TPSA) is 105 Å². The predicted octanol–water partition coefficient (Wildman–Crippen LogP) is 2.40. The van der Waals surface area contributed by atoms with E-state index in [-0.39, 0.29) is 12.5 Å². The standard InChI is InChI=1S/C19H19N5O3S/c1-12-17(28-19(22-12)15-5-3-4-10-20-15)18(26)24-23-16(25)11-21-13-6-8-14(27-2)9-7-13/h3-10,21H,11H2,1-2H3,(H,23,25)(H,24,26). The quantitative estimate of drug-likeness (QED) is 0.552. The molecule has 2 amide bonds. The molecule has 0 aliphatic rings. The minimum absolute atomic E-state index is 0.00741. The number of carbonyl (C=O) groups is 2.